The summed E-state index contributed by atoms with van der Waals surface area (Å²) in [6.45, 7) is 3.55. The largest absolute Gasteiger partial charge is 0.465 e. The molecule has 2 aromatic carbocycles. The molecule has 5 heteroatoms. The smallest absolute Gasteiger partial charge is 0.405 e. The molecule has 0 bridgehead atoms. The maximum Gasteiger partial charge on any atom is 0.405 e. The van der Waals surface area contributed by atoms with Crippen LogP contribution in [0.1, 0.15) is 35.3 Å². The van der Waals surface area contributed by atoms with Gasteiger partial charge in [-0.05, 0) is 30.9 Å². The highest BCUT2D eigenvalue weighted by Gasteiger charge is 2.23. The molecule has 0 spiro atoms. The number of nitrogens with one attached hydrogen (secondary N) is 1. The van der Waals surface area contributed by atoms with E-state index in [9.17, 15) is 9.59 Å². The fourth-order valence-electron chi connectivity index (χ4n) is 2.85. The lowest BCUT2D eigenvalue weighted by atomic mass is 9.91. The predicted molar refractivity (Wildman–Crippen MR) is 95.8 cm³/mol. The Morgan fingerprint density at radius 1 is 1.04 bits per heavy atom. The SMILES string of the molecule is CC(C)(NC(=O)O)c1ccc(C(=O)c2cccc3cnccc23)cc1. The molecular formula is C20H18N2O3. The van der Waals surface area contributed by atoms with Gasteiger partial charge in [0.05, 0.1) is 5.54 Å². The van der Waals surface area contributed by atoms with E-state index in [0.29, 0.717) is 11.1 Å². The first-order chi connectivity index (χ1) is 11.9. The van der Waals surface area contributed by atoms with E-state index in [1.54, 1.807) is 56.6 Å². The fraction of sp³-hybridized carbons (Fsp3) is 0.150. The number of fused-ring (bicyclic) bond motifs is 1. The van der Waals surface area contributed by atoms with Crippen molar-refractivity contribution in [1.29, 1.82) is 0 Å². The molecule has 1 heterocycles. The topological polar surface area (TPSA) is 79.3 Å². The fourth-order valence-corrected chi connectivity index (χ4v) is 2.85. The van der Waals surface area contributed by atoms with Crippen molar-refractivity contribution in [3.8, 4) is 0 Å². The van der Waals surface area contributed by atoms with Crippen molar-refractivity contribution in [3.63, 3.8) is 0 Å². The highest BCUT2D eigenvalue weighted by molar-refractivity contribution is 6.16. The summed E-state index contributed by atoms with van der Waals surface area (Å²) >= 11 is 0. The van der Waals surface area contributed by atoms with Crippen LogP contribution in [0.5, 0.6) is 0 Å². The number of hydrogen-bond acceptors (Lipinski definition) is 3. The van der Waals surface area contributed by atoms with E-state index in [0.717, 1.165) is 16.3 Å². The molecule has 1 aromatic heterocycles. The Morgan fingerprint density at radius 2 is 1.76 bits per heavy atom. The molecule has 3 aromatic rings. The Morgan fingerprint density at radius 3 is 2.44 bits per heavy atom. The summed E-state index contributed by atoms with van der Waals surface area (Å²) in [5.41, 5.74) is 1.22. The summed E-state index contributed by atoms with van der Waals surface area (Å²) in [5.74, 6) is -0.0765. The number of carbonyl (C=O) groups excluding carboxylic acids is 1. The first-order valence-corrected chi connectivity index (χ1v) is 7.87. The lowest BCUT2D eigenvalue weighted by Gasteiger charge is -2.25. The van der Waals surface area contributed by atoms with E-state index in [-0.39, 0.29) is 5.78 Å². The van der Waals surface area contributed by atoms with Crippen LogP contribution in [0.4, 0.5) is 4.79 Å². The number of ketones is 1. The van der Waals surface area contributed by atoms with E-state index in [1.165, 1.54) is 0 Å². The van der Waals surface area contributed by atoms with Crippen LogP contribution in [0.15, 0.2) is 60.9 Å². The maximum absolute atomic E-state index is 12.9. The number of aromatic nitrogens is 1. The Labute approximate surface area is 145 Å². The van der Waals surface area contributed by atoms with Crippen LogP contribution in [0.3, 0.4) is 0 Å². The number of hydrogen-bond donors (Lipinski definition) is 2. The van der Waals surface area contributed by atoms with Crippen LogP contribution >= 0.6 is 0 Å². The first kappa shape index (κ1) is 16.6. The molecule has 0 radical (unpaired) electrons. The van der Waals surface area contributed by atoms with Crippen LogP contribution < -0.4 is 5.32 Å². The highest BCUT2D eigenvalue weighted by atomic mass is 16.4. The number of amides is 1. The van der Waals surface area contributed by atoms with E-state index >= 15 is 0 Å². The second kappa shape index (κ2) is 6.36. The summed E-state index contributed by atoms with van der Waals surface area (Å²) < 4.78 is 0. The van der Waals surface area contributed by atoms with Gasteiger partial charge >= 0.3 is 6.09 Å². The summed E-state index contributed by atoms with van der Waals surface area (Å²) in [7, 11) is 0. The van der Waals surface area contributed by atoms with Crippen molar-refractivity contribution in [1.82, 2.24) is 10.3 Å². The highest BCUT2D eigenvalue weighted by Crippen LogP contribution is 2.24. The molecule has 25 heavy (non-hydrogen) atoms. The lowest BCUT2D eigenvalue weighted by molar-refractivity contribution is 0.104. The molecule has 0 saturated heterocycles. The monoisotopic (exact) mass is 334 g/mol. The Kier molecular flexibility index (Phi) is 4.23. The molecule has 126 valence electrons. The predicted octanol–water partition coefficient (Wildman–Crippen LogP) is 3.97. The van der Waals surface area contributed by atoms with Gasteiger partial charge in [0.2, 0.25) is 0 Å². The van der Waals surface area contributed by atoms with Gasteiger partial charge in [0.25, 0.3) is 0 Å². The van der Waals surface area contributed by atoms with Crippen molar-refractivity contribution < 1.29 is 14.7 Å². The molecule has 2 N–H and O–H groups in total. The zero-order valence-electron chi connectivity index (χ0n) is 14.0. The van der Waals surface area contributed by atoms with Crippen LogP contribution in [-0.2, 0) is 5.54 Å². The molecule has 1 amide bonds. The van der Waals surface area contributed by atoms with Crippen molar-refractivity contribution >= 4 is 22.6 Å². The molecule has 0 saturated carbocycles. The molecule has 0 aliphatic carbocycles. The molecular weight excluding hydrogens is 316 g/mol. The molecule has 0 unspecified atom stereocenters. The summed E-state index contributed by atoms with van der Waals surface area (Å²) in [5, 5.41) is 13.2. The third kappa shape index (κ3) is 3.35. The Balaban J connectivity index is 1.94. The van der Waals surface area contributed by atoms with Gasteiger partial charge in [0.1, 0.15) is 0 Å². The minimum atomic E-state index is -1.09. The zero-order valence-corrected chi connectivity index (χ0v) is 14.0. The first-order valence-electron chi connectivity index (χ1n) is 7.87. The number of rotatable bonds is 4. The number of carboxylic acid groups (broad SMARTS) is 1. The molecule has 0 aliphatic rings. The second-order valence-corrected chi connectivity index (χ2v) is 6.36. The van der Waals surface area contributed by atoms with Gasteiger partial charge in [-0.15, -0.1) is 0 Å². The lowest BCUT2D eigenvalue weighted by Crippen LogP contribution is -2.40. The Hall–Kier alpha value is -3.21. The van der Waals surface area contributed by atoms with Gasteiger partial charge in [-0.2, -0.15) is 0 Å². The average Bonchev–Trinajstić information content (AvgIpc) is 2.60. The van der Waals surface area contributed by atoms with Gasteiger partial charge in [0.15, 0.2) is 5.78 Å². The minimum absolute atomic E-state index is 0.0765. The zero-order chi connectivity index (χ0) is 18.0. The van der Waals surface area contributed by atoms with Crippen LogP contribution in [0, 0.1) is 0 Å². The standard InChI is InChI=1S/C20H18N2O3/c1-20(2,22-19(24)25)15-8-6-13(7-9-15)18(23)17-5-3-4-14-12-21-11-10-16(14)17/h3-12,22H,1-2H3,(H,24,25). The van der Waals surface area contributed by atoms with Gasteiger partial charge in [-0.25, -0.2) is 4.79 Å². The van der Waals surface area contributed by atoms with E-state index in [4.69, 9.17) is 5.11 Å². The van der Waals surface area contributed by atoms with Crippen LogP contribution in [0.25, 0.3) is 10.8 Å². The quantitative estimate of drug-likeness (QED) is 0.708. The van der Waals surface area contributed by atoms with Gasteiger partial charge < -0.3 is 10.4 Å². The molecule has 3 rings (SSSR count). The summed E-state index contributed by atoms with van der Waals surface area (Å²) in [6, 6.07) is 14.4. The van der Waals surface area contributed by atoms with Crippen molar-refractivity contribution in [3.05, 3.63) is 77.6 Å². The number of carbonyl (C=O) groups is 2. The van der Waals surface area contributed by atoms with Gasteiger partial charge in [-0.1, -0.05) is 42.5 Å². The van der Waals surface area contributed by atoms with E-state index < -0.39 is 11.6 Å². The molecule has 5 nitrogen and oxygen atoms in total. The molecule has 0 atom stereocenters. The minimum Gasteiger partial charge on any atom is -0.465 e. The second-order valence-electron chi connectivity index (χ2n) is 6.36. The number of benzene rings is 2. The average molecular weight is 334 g/mol. The van der Waals surface area contributed by atoms with Crippen LogP contribution in [0.2, 0.25) is 0 Å². The van der Waals surface area contributed by atoms with Crippen molar-refractivity contribution in [2.75, 3.05) is 0 Å². The van der Waals surface area contributed by atoms with E-state index in [2.05, 4.69) is 10.3 Å². The van der Waals surface area contributed by atoms with Gasteiger partial charge in [0, 0.05) is 28.9 Å². The van der Waals surface area contributed by atoms with Crippen molar-refractivity contribution in [2.24, 2.45) is 0 Å². The number of pyridine rings is 1. The Bertz CT molecular complexity index is 941. The summed E-state index contributed by atoms with van der Waals surface area (Å²) in [6.07, 6.45) is 2.31. The van der Waals surface area contributed by atoms with E-state index in [1.807, 2.05) is 18.2 Å². The van der Waals surface area contributed by atoms with Gasteiger partial charge in [-0.3, -0.25) is 9.78 Å². The van der Waals surface area contributed by atoms with Crippen LogP contribution in [-0.4, -0.2) is 22.0 Å². The maximum atomic E-state index is 12.9. The third-order valence-electron chi connectivity index (χ3n) is 4.21. The molecule has 0 aliphatic heterocycles. The summed E-state index contributed by atoms with van der Waals surface area (Å²) in [4.78, 5) is 27.9. The molecule has 0 fully saturated rings. The number of nitrogens with zero attached hydrogens (tertiary/aromatic N) is 1. The third-order valence-corrected chi connectivity index (χ3v) is 4.21. The normalized spacial score (nSPS) is 11.3. The van der Waals surface area contributed by atoms with Crippen molar-refractivity contribution in [2.45, 2.75) is 19.4 Å².